The van der Waals surface area contributed by atoms with E-state index in [1.54, 1.807) is 42.1 Å². The maximum Gasteiger partial charge on any atom is 0.229 e. The van der Waals surface area contributed by atoms with Crippen LogP contribution in [-0.2, 0) is 4.79 Å². The Bertz CT molecular complexity index is 1780. The van der Waals surface area contributed by atoms with E-state index in [0.717, 1.165) is 22.3 Å². The maximum absolute atomic E-state index is 15.2. The van der Waals surface area contributed by atoms with Crippen molar-refractivity contribution in [2.75, 3.05) is 5.32 Å². The molecular formula is C27H22FN7OS. The second-order valence-corrected chi connectivity index (χ2v) is 10.5. The van der Waals surface area contributed by atoms with Crippen molar-refractivity contribution in [1.82, 2.24) is 30.1 Å². The van der Waals surface area contributed by atoms with Gasteiger partial charge in [0.1, 0.15) is 17.0 Å². The summed E-state index contributed by atoms with van der Waals surface area (Å²) in [6, 6.07) is 8.71. The molecule has 0 aliphatic carbocycles. The molecule has 5 heterocycles. The monoisotopic (exact) mass is 511 g/mol. The molecule has 0 fully saturated rings. The number of nitrogens with one attached hydrogen (secondary N) is 3. The first-order valence-electron chi connectivity index (χ1n) is 11.6. The molecule has 0 bridgehead atoms. The number of rotatable bonds is 4. The summed E-state index contributed by atoms with van der Waals surface area (Å²) in [5, 5.41) is 14.9. The number of carbonyl (C=O) groups is 1. The van der Waals surface area contributed by atoms with Crippen LogP contribution in [0.5, 0.6) is 0 Å². The first-order chi connectivity index (χ1) is 17.8. The molecule has 0 saturated heterocycles. The second kappa shape index (κ2) is 8.59. The number of aromatic nitrogens is 6. The summed E-state index contributed by atoms with van der Waals surface area (Å²) in [5.41, 5.74) is 5.25. The number of carbonyl (C=O) groups excluding carboxylic acids is 1. The van der Waals surface area contributed by atoms with Gasteiger partial charge in [-0.05, 0) is 29.6 Å². The van der Waals surface area contributed by atoms with Crippen molar-refractivity contribution in [2.45, 2.75) is 20.8 Å². The van der Waals surface area contributed by atoms with Gasteiger partial charge in [-0.2, -0.15) is 16.4 Å². The molecule has 0 radical (unpaired) electrons. The Morgan fingerprint density at radius 1 is 1.05 bits per heavy atom. The van der Waals surface area contributed by atoms with E-state index in [1.165, 1.54) is 6.07 Å². The zero-order valence-corrected chi connectivity index (χ0v) is 21.1. The number of anilines is 1. The van der Waals surface area contributed by atoms with E-state index >= 15 is 4.39 Å². The molecule has 0 aliphatic rings. The van der Waals surface area contributed by atoms with Gasteiger partial charge in [0.15, 0.2) is 5.82 Å². The van der Waals surface area contributed by atoms with Gasteiger partial charge in [-0.25, -0.2) is 9.37 Å². The number of hydrogen-bond donors (Lipinski definition) is 3. The Morgan fingerprint density at radius 2 is 1.92 bits per heavy atom. The number of pyridine rings is 2. The third-order valence-corrected chi connectivity index (χ3v) is 6.74. The van der Waals surface area contributed by atoms with Gasteiger partial charge in [0, 0.05) is 51.3 Å². The predicted octanol–water partition coefficient (Wildman–Crippen LogP) is 6.42. The molecule has 0 atom stereocenters. The molecule has 0 unspecified atom stereocenters. The molecule has 1 amide bonds. The number of H-pyrrole nitrogens is 2. The van der Waals surface area contributed by atoms with Crippen LogP contribution in [-0.4, -0.2) is 36.0 Å². The summed E-state index contributed by atoms with van der Waals surface area (Å²) in [4.78, 5) is 29.3. The highest BCUT2D eigenvalue weighted by molar-refractivity contribution is 7.08. The molecule has 1 aromatic carbocycles. The second-order valence-electron chi connectivity index (χ2n) is 9.77. The van der Waals surface area contributed by atoms with Gasteiger partial charge in [-0.3, -0.25) is 19.9 Å². The van der Waals surface area contributed by atoms with Gasteiger partial charge in [0.25, 0.3) is 0 Å². The molecule has 0 saturated carbocycles. The fraction of sp³-hybridized carbons (Fsp3) is 0.148. The summed E-state index contributed by atoms with van der Waals surface area (Å²) in [6.45, 7) is 5.47. The fourth-order valence-corrected chi connectivity index (χ4v) is 4.71. The Labute approximate surface area is 215 Å². The minimum absolute atomic E-state index is 0.152. The molecule has 5 aromatic heterocycles. The highest BCUT2D eigenvalue weighted by atomic mass is 32.1. The minimum atomic E-state index is -0.572. The number of hydrogen-bond acceptors (Lipinski definition) is 6. The number of benzene rings is 1. The van der Waals surface area contributed by atoms with Gasteiger partial charge in [0.05, 0.1) is 28.6 Å². The molecule has 10 heteroatoms. The lowest BCUT2D eigenvalue weighted by Gasteiger charge is -2.17. The Morgan fingerprint density at radius 3 is 2.70 bits per heavy atom. The highest BCUT2D eigenvalue weighted by Crippen LogP contribution is 2.34. The van der Waals surface area contributed by atoms with Crippen molar-refractivity contribution in [3.63, 3.8) is 0 Å². The number of amides is 1. The number of thiophene rings is 1. The third kappa shape index (κ3) is 4.15. The van der Waals surface area contributed by atoms with Crippen LogP contribution in [0.3, 0.4) is 0 Å². The lowest BCUT2D eigenvalue weighted by molar-refractivity contribution is -0.123. The maximum atomic E-state index is 15.2. The van der Waals surface area contributed by atoms with Crippen molar-refractivity contribution >= 4 is 44.9 Å². The normalized spacial score (nSPS) is 11.9. The first-order valence-corrected chi connectivity index (χ1v) is 12.5. The summed E-state index contributed by atoms with van der Waals surface area (Å²) in [7, 11) is 0. The van der Waals surface area contributed by atoms with Gasteiger partial charge >= 0.3 is 0 Å². The fourth-order valence-electron chi connectivity index (χ4n) is 4.07. The summed E-state index contributed by atoms with van der Waals surface area (Å²) in [6.07, 6.45) is 4.85. The van der Waals surface area contributed by atoms with E-state index in [-0.39, 0.29) is 5.91 Å². The van der Waals surface area contributed by atoms with Crippen LogP contribution in [0.1, 0.15) is 20.8 Å². The van der Waals surface area contributed by atoms with Gasteiger partial charge in [0.2, 0.25) is 5.91 Å². The third-order valence-electron chi connectivity index (χ3n) is 6.06. The van der Waals surface area contributed by atoms with Crippen LogP contribution in [0.25, 0.3) is 55.8 Å². The van der Waals surface area contributed by atoms with Crippen LogP contribution in [0.4, 0.5) is 10.1 Å². The SMILES string of the molecule is CC(C)(C)C(=O)Nc1cncc(-c2cc3c(-c4nc5c(-c6ccsc6)nccc5[nH]4)n[nH]c3cc2F)c1. The van der Waals surface area contributed by atoms with Gasteiger partial charge in [-0.15, -0.1) is 0 Å². The standard InChI is InChI=1S/C27H22FN7OS/c1-27(2,3)26(36)31-16-8-15(11-29-12-16)17-9-18-21(10-19(17)28)34-35-23(18)25-32-20-4-6-30-22(24(20)33-25)14-5-7-37-13-14/h4-13H,1-3H3,(H,31,36)(H,32,33)(H,34,35). The number of nitrogens with zero attached hydrogens (tertiary/aromatic N) is 4. The molecule has 6 rings (SSSR count). The van der Waals surface area contributed by atoms with Crippen molar-refractivity contribution in [1.29, 1.82) is 0 Å². The van der Waals surface area contributed by atoms with Crippen LogP contribution < -0.4 is 5.32 Å². The Hall–Kier alpha value is -4.44. The lowest BCUT2D eigenvalue weighted by atomic mass is 9.95. The molecule has 0 spiro atoms. The molecule has 184 valence electrons. The topological polar surface area (TPSA) is 112 Å². The molecule has 0 aliphatic heterocycles. The molecule has 3 N–H and O–H groups in total. The first kappa shape index (κ1) is 23.0. The summed E-state index contributed by atoms with van der Waals surface area (Å²) >= 11 is 1.60. The van der Waals surface area contributed by atoms with Crippen molar-refractivity contribution in [2.24, 2.45) is 5.41 Å². The quantitative estimate of drug-likeness (QED) is 0.253. The number of fused-ring (bicyclic) bond motifs is 2. The number of aromatic amines is 2. The van der Waals surface area contributed by atoms with Gasteiger partial charge in [-0.1, -0.05) is 20.8 Å². The van der Waals surface area contributed by atoms with E-state index in [0.29, 0.717) is 39.2 Å². The molecular weight excluding hydrogens is 489 g/mol. The zero-order valence-electron chi connectivity index (χ0n) is 20.3. The summed E-state index contributed by atoms with van der Waals surface area (Å²) in [5.74, 6) is -0.0364. The molecule has 8 nitrogen and oxygen atoms in total. The van der Waals surface area contributed by atoms with Crippen molar-refractivity contribution in [3.05, 3.63) is 65.5 Å². The van der Waals surface area contributed by atoms with E-state index in [1.807, 2.05) is 43.7 Å². The number of imidazole rings is 1. The van der Waals surface area contributed by atoms with Crippen LogP contribution in [0, 0.1) is 11.2 Å². The van der Waals surface area contributed by atoms with Crippen LogP contribution >= 0.6 is 11.3 Å². The zero-order chi connectivity index (χ0) is 25.7. The highest BCUT2D eigenvalue weighted by Gasteiger charge is 2.22. The van der Waals surface area contributed by atoms with E-state index < -0.39 is 11.2 Å². The van der Waals surface area contributed by atoms with Gasteiger partial charge < -0.3 is 10.3 Å². The largest absolute Gasteiger partial charge is 0.336 e. The average Bonchev–Trinajstić information content (AvgIpc) is 3.62. The lowest BCUT2D eigenvalue weighted by Crippen LogP contribution is -2.27. The van der Waals surface area contributed by atoms with E-state index in [4.69, 9.17) is 4.98 Å². The van der Waals surface area contributed by atoms with Crippen LogP contribution in [0.2, 0.25) is 0 Å². The predicted molar refractivity (Wildman–Crippen MR) is 144 cm³/mol. The molecule has 6 aromatic rings. The smallest absolute Gasteiger partial charge is 0.229 e. The van der Waals surface area contributed by atoms with E-state index in [9.17, 15) is 4.79 Å². The van der Waals surface area contributed by atoms with E-state index in [2.05, 4.69) is 30.5 Å². The Kier molecular flexibility index (Phi) is 5.34. The molecule has 37 heavy (non-hydrogen) atoms. The Balaban J connectivity index is 1.43. The number of halogens is 1. The van der Waals surface area contributed by atoms with Crippen molar-refractivity contribution < 1.29 is 9.18 Å². The summed E-state index contributed by atoms with van der Waals surface area (Å²) < 4.78 is 15.2. The van der Waals surface area contributed by atoms with Crippen LogP contribution in [0.15, 0.2) is 59.7 Å². The average molecular weight is 512 g/mol. The van der Waals surface area contributed by atoms with Crippen molar-refractivity contribution in [3.8, 4) is 33.9 Å². The minimum Gasteiger partial charge on any atom is -0.336 e.